The van der Waals surface area contributed by atoms with Gasteiger partial charge in [0.15, 0.2) is 5.82 Å². The molecule has 0 N–H and O–H groups in total. The molecule has 0 amide bonds. The normalized spacial score (nSPS) is 15.2. The predicted octanol–water partition coefficient (Wildman–Crippen LogP) is 3.09. The van der Waals surface area contributed by atoms with Crippen LogP contribution < -0.4 is 0 Å². The Balaban J connectivity index is 1.67. The molecule has 0 bridgehead atoms. The Morgan fingerprint density at radius 1 is 1.32 bits per heavy atom. The average molecular weight is 257 g/mol. The molecule has 0 radical (unpaired) electrons. The van der Waals surface area contributed by atoms with Gasteiger partial charge < -0.3 is 9.09 Å². The third kappa shape index (κ3) is 1.91. The number of rotatable bonds is 3. The number of halogens is 1. The summed E-state index contributed by atoms with van der Waals surface area (Å²) in [5.41, 5.74) is 0.845. The fraction of sp³-hybridized carbons (Fsp3) is 0.286. The van der Waals surface area contributed by atoms with Crippen molar-refractivity contribution in [3.05, 3.63) is 48.0 Å². The first-order chi connectivity index (χ1) is 9.29. The van der Waals surface area contributed by atoms with E-state index in [9.17, 15) is 4.39 Å². The third-order valence-corrected chi connectivity index (χ3v) is 3.46. The van der Waals surface area contributed by atoms with Gasteiger partial charge in [-0.05, 0) is 42.5 Å². The SMILES string of the molecule is Fc1ccc2ccn(Cc3noc(C4CC4)n3)c2c1. The number of benzene rings is 1. The van der Waals surface area contributed by atoms with E-state index in [1.165, 1.54) is 12.1 Å². The van der Waals surface area contributed by atoms with E-state index in [1.54, 1.807) is 6.07 Å². The molecule has 19 heavy (non-hydrogen) atoms. The van der Waals surface area contributed by atoms with Crippen LogP contribution in [0.4, 0.5) is 4.39 Å². The molecule has 4 rings (SSSR count). The van der Waals surface area contributed by atoms with Crippen LogP contribution >= 0.6 is 0 Å². The summed E-state index contributed by atoms with van der Waals surface area (Å²) in [6.07, 6.45) is 4.19. The first-order valence-electron chi connectivity index (χ1n) is 6.36. The lowest BCUT2D eigenvalue weighted by Gasteiger charge is -2.01. The fourth-order valence-electron chi connectivity index (χ4n) is 2.28. The number of nitrogens with zero attached hydrogens (tertiary/aromatic N) is 3. The van der Waals surface area contributed by atoms with Gasteiger partial charge in [0.2, 0.25) is 5.89 Å². The van der Waals surface area contributed by atoms with Crippen LogP contribution in [0.1, 0.15) is 30.5 Å². The van der Waals surface area contributed by atoms with Crippen LogP contribution in [0.3, 0.4) is 0 Å². The quantitative estimate of drug-likeness (QED) is 0.724. The molecular weight excluding hydrogens is 245 g/mol. The van der Waals surface area contributed by atoms with Gasteiger partial charge in [0, 0.05) is 12.1 Å². The van der Waals surface area contributed by atoms with Crippen LogP contribution in [0.2, 0.25) is 0 Å². The second kappa shape index (κ2) is 3.91. The van der Waals surface area contributed by atoms with Crippen molar-refractivity contribution in [3.63, 3.8) is 0 Å². The van der Waals surface area contributed by atoms with Crippen LogP contribution in [-0.2, 0) is 6.54 Å². The second-order valence-electron chi connectivity index (χ2n) is 4.97. The van der Waals surface area contributed by atoms with Crippen molar-refractivity contribution >= 4 is 10.9 Å². The van der Waals surface area contributed by atoms with E-state index in [4.69, 9.17) is 4.52 Å². The molecule has 1 fully saturated rings. The van der Waals surface area contributed by atoms with Gasteiger partial charge in [-0.25, -0.2) is 4.39 Å². The highest BCUT2D eigenvalue weighted by atomic mass is 19.1. The monoisotopic (exact) mass is 257 g/mol. The Labute approximate surface area is 108 Å². The Kier molecular flexibility index (Phi) is 2.21. The standard InChI is InChI=1S/C14H12FN3O/c15-11-4-3-9-5-6-18(12(9)7-11)8-13-16-14(19-17-13)10-1-2-10/h3-7,10H,1-2,8H2. The fourth-order valence-corrected chi connectivity index (χ4v) is 2.28. The zero-order valence-electron chi connectivity index (χ0n) is 10.2. The smallest absolute Gasteiger partial charge is 0.229 e. The van der Waals surface area contributed by atoms with E-state index in [-0.39, 0.29) is 5.82 Å². The molecule has 1 aliphatic carbocycles. The molecule has 3 aromatic rings. The average Bonchev–Trinajstić information content (AvgIpc) is 3.04. The highest BCUT2D eigenvalue weighted by molar-refractivity contribution is 5.80. The highest BCUT2D eigenvalue weighted by Crippen LogP contribution is 2.38. The molecule has 1 saturated carbocycles. The maximum atomic E-state index is 13.3. The summed E-state index contributed by atoms with van der Waals surface area (Å²) < 4.78 is 20.4. The van der Waals surface area contributed by atoms with Gasteiger partial charge in [-0.3, -0.25) is 0 Å². The summed E-state index contributed by atoms with van der Waals surface area (Å²) in [7, 11) is 0. The van der Waals surface area contributed by atoms with Crippen LogP contribution in [0, 0.1) is 5.82 Å². The summed E-state index contributed by atoms with van der Waals surface area (Å²) >= 11 is 0. The van der Waals surface area contributed by atoms with E-state index < -0.39 is 0 Å². The van der Waals surface area contributed by atoms with Gasteiger partial charge in [0.05, 0.1) is 12.1 Å². The molecule has 0 saturated heterocycles. The second-order valence-corrected chi connectivity index (χ2v) is 4.97. The minimum absolute atomic E-state index is 0.237. The van der Waals surface area contributed by atoms with Gasteiger partial charge in [0.1, 0.15) is 5.82 Å². The van der Waals surface area contributed by atoms with Gasteiger partial charge >= 0.3 is 0 Å². The lowest BCUT2D eigenvalue weighted by atomic mass is 10.2. The summed E-state index contributed by atoms with van der Waals surface area (Å²) in [5.74, 6) is 1.60. The topological polar surface area (TPSA) is 43.9 Å². The van der Waals surface area contributed by atoms with Crippen molar-refractivity contribution in [1.82, 2.24) is 14.7 Å². The lowest BCUT2D eigenvalue weighted by molar-refractivity contribution is 0.373. The van der Waals surface area contributed by atoms with Crippen LogP contribution in [0.5, 0.6) is 0 Å². The van der Waals surface area contributed by atoms with Crippen molar-refractivity contribution < 1.29 is 8.91 Å². The van der Waals surface area contributed by atoms with Crippen molar-refractivity contribution in [2.75, 3.05) is 0 Å². The van der Waals surface area contributed by atoms with E-state index >= 15 is 0 Å². The van der Waals surface area contributed by atoms with Crippen molar-refractivity contribution in [1.29, 1.82) is 0 Å². The molecular formula is C14H12FN3O. The van der Waals surface area contributed by atoms with Gasteiger partial charge in [0.25, 0.3) is 0 Å². The largest absolute Gasteiger partial charge is 0.340 e. The molecule has 0 unspecified atom stereocenters. The van der Waals surface area contributed by atoms with Crippen molar-refractivity contribution in [3.8, 4) is 0 Å². The van der Waals surface area contributed by atoms with Crippen LogP contribution in [0.25, 0.3) is 10.9 Å². The number of aromatic nitrogens is 3. The van der Waals surface area contributed by atoms with E-state index in [0.717, 1.165) is 29.6 Å². The van der Waals surface area contributed by atoms with Gasteiger partial charge in [-0.2, -0.15) is 4.98 Å². The zero-order valence-corrected chi connectivity index (χ0v) is 10.2. The summed E-state index contributed by atoms with van der Waals surface area (Å²) in [4.78, 5) is 4.38. The first kappa shape index (κ1) is 10.7. The number of hydrogen-bond donors (Lipinski definition) is 0. The minimum atomic E-state index is -0.237. The Morgan fingerprint density at radius 2 is 2.21 bits per heavy atom. The Morgan fingerprint density at radius 3 is 3.05 bits per heavy atom. The van der Waals surface area contributed by atoms with E-state index in [1.807, 2.05) is 16.8 Å². The maximum Gasteiger partial charge on any atom is 0.229 e. The first-order valence-corrected chi connectivity index (χ1v) is 6.36. The molecule has 4 nitrogen and oxygen atoms in total. The molecule has 0 aliphatic heterocycles. The van der Waals surface area contributed by atoms with Gasteiger partial charge in [-0.15, -0.1) is 0 Å². The molecule has 0 spiro atoms. The molecule has 96 valence electrons. The number of fused-ring (bicyclic) bond motifs is 1. The highest BCUT2D eigenvalue weighted by Gasteiger charge is 2.29. The summed E-state index contributed by atoms with van der Waals surface area (Å²) in [5, 5.41) is 4.99. The van der Waals surface area contributed by atoms with Crippen LogP contribution in [0.15, 0.2) is 35.0 Å². The lowest BCUT2D eigenvalue weighted by Crippen LogP contribution is -2.00. The number of hydrogen-bond acceptors (Lipinski definition) is 3. The van der Waals surface area contributed by atoms with E-state index in [0.29, 0.717) is 18.3 Å². The molecule has 2 aromatic heterocycles. The van der Waals surface area contributed by atoms with Crippen molar-refractivity contribution in [2.45, 2.75) is 25.3 Å². The molecule has 2 heterocycles. The van der Waals surface area contributed by atoms with Crippen molar-refractivity contribution in [2.24, 2.45) is 0 Å². The Bertz CT molecular complexity index is 742. The third-order valence-electron chi connectivity index (χ3n) is 3.46. The zero-order chi connectivity index (χ0) is 12.8. The summed E-state index contributed by atoms with van der Waals surface area (Å²) in [6, 6.07) is 6.72. The molecule has 1 aromatic carbocycles. The van der Waals surface area contributed by atoms with Gasteiger partial charge in [-0.1, -0.05) is 5.16 Å². The predicted molar refractivity (Wildman–Crippen MR) is 67.3 cm³/mol. The minimum Gasteiger partial charge on any atom is -0.340 e. The maximum absolute atomic E-state index is 13.3. The molecule has 5 heteroatoms. The molecule has 0 atom stereocenters. The van der Waals surface area contributed by atoms with E-state index in [2.05, 4.69) is 10.1 Å². The molecule has 1 aliphatic rings. The van der Waals surface area contributed by atoms with Crippen LogP contribution in [-0.4, -0.2) is 14.7 Å². The Hall–Kier alpha value is -2.17. The summed E-state index contributed by atoms with van der Waals surface area (Å²) in [6.45, 7) is 0.503.